The molecule has 0 saturated heterocycles. The molecule has 0 fully saturated rings. The van der Waals surface area contributed by atoms with Crippen LogP contribution >= 0.6 is 0 Å². The van der Waals surface area contributed by atoms with Crippen LogP contribution in [0.3, 0.4) is 0 Å². The fraction of sp³-hybridized carbons (Fsp3) is 0.0833. The summed E-state index contributed by atoms with van der Waals surface area (Å²) in [6.07, 6.45) is -0.0270. The highest BCUT2D eigenvalue weighted by Crippen LogP contribution is 2.23. The van der Waals surface area contributed by atoms with Gasteiger partial charge < -0.3 is 10.2 Å². The number of carboxylic acid groups (broad SMARTS) is 1. The molecular formula is C12H10O3. The summed E-state index contributed by atoms with van der Waals surface area (Å²) in [7, 11) is 0. The Hall–Kier alpha value is -2.03. The molecule has 0 aliphatic rings. The number of aromatic hydroxyl groups is 1. The number of phenolic OH excluding ortho intramolecular Hbond substituents is 1. The Kier molecular flexibility index (Phi) is 2.29. The van der Waals surface area contributed by atoms with Gasteiger partial charge in [-0.1, -0.05) is 24.3 Å². The zero-order valence-electron chi connectivity index (χ0n) is 7.97. The van der Waals surface area contributed by atoms with Gasteiger partial charge in [0.1, 0.15) is 5.75 Å². The molecule has 0 atom stereocenters. The standard InChI is InChI=1S/C12H10O3/c13-10-5-4-8-2-1-3-9(6-12(14)15)11(8)7-10/h1-5,7,13H,6H2,(H,14,15). The number of rotatable bonds is 2. The van der Waals surface area contributed by atoms with Crippen LogP contribution in [0.2, 0.25) is 0 Å². The Morgan fingerprint density at radius 3 is 2.73 bits per heavy atom. The normalized spacial score (nSPS) is 10.4. The average Bonchev–Trinajstić information content (AvgIpc) is 2.18. The number of phenols is 1. The number of fused-ring (bicyclic) bond motifs is 1. The first-order valence-corrected chi connectivity index (χ1v) is 4.59. The molecule has 15 heavy (non-hydrogen) atoms. The summed E-state index contributed by atoms with van der Waals surface area (Å²) in [5.74, 6) is -0.716. The van der Waals surface area contributed by atoms with Crippen molar-refractivity contribution in [1.82, 2.24) is 0 Å². The van der Waals surface area contributed by atoms with Crippen LogP contribution < -0.4 is 0 Å². The highest BCUT2D eigenvalue weighted by atomic mass is 16.4. The Labute approximate surface area is 86.6 Å². The molecule has 0 heterocycles. The van der Waals surface area contributed by atoms with Crippen LogP contribution in [0, 0.1) is 0 Å². The minimum atomic E-state index is -0.870. The van der Waals surface area contributed by atoms with E-state index >= 15 is 0 Å². The quantitative estimate of drug-likeness (QED) is 0.784. The number of aliphatic carboxylic acids is 1. The molecule has 0 saturated carbocycles. The van der Waals surface area contributed by atoms with Crippen molar-refractivity contribution in [2.24, 2.45) is 0 Å². The Morgan fingerprint density at radius 2 is 2.00 bits per heavy atom. The largest absolute Gasteiger partial charge is 0.508 e. The maximum Gasteiger partial charge on any atom is 0.307 e. The highest BCUT2D eigenvalue weighted by molar-refractivity contribution is 5.89. The fourth-order valence-electron chi connectivity index (χ4n) is 1.64. The molecule has 0 radical (unpaired) electrons. The van der Waals surface area contributed by atoms with Crippen molar-refractivity contribution in [2.75, 3.05) is 0 Å². The zero-order valence-corrected chi connectivity index (χ0v) is 7.97. The molecule has 0 bridgehead atoms. The molecule has 0 aromatic heterocycles. The van der Waals surface area contributed by atoms with Gasteiger partial charge >= 0.3 is 5.97 Å². The number of carboxylic acids is 1. The van der Waals surface area contributed by atoms with Gasteiger partial charge in [0.25, 0.3) is 0 Å². The first-order valence-electron chi connectivity index (χ1n) is 4.59. The molecule has 0 unspecified atom stereocenters. The van der Waals surface area contributed by atoms with Crippen molar-refractivity contribution in [3.05, 3.63) is 42.0 Å². The molecule has 2 N–H and O–H groups in total. The van der Waals surface area contributed by atoms with E-state index in [4.69, 9.17) is 5.11 Å². The lowest BCUT2D eigenvalue weighted by molar-refractivity contribution is -0.136. The van der Waals surface area contributed by atoms with Gasteiger partial charge in [0.2, 0.25) is 0 Å². The Balaban J connectivity index is 2.63. The average molecular weight is 202 g/mol. The number of hydrogen-bond acceptors (Lipinski definition) is 2. The molecule has 2 rings (SSSR count). The number of benzene rings is 2. The molecule has 0 amide bonds. The summed E-state index contributed by atoms with van der Waals surface area (Å²) in [5.41, 5.74) is 0.718. The summed E-state index contributed by atoms with van der Waals surface area (Å²) < 4.78 is 0. The number of carbonyl (C=O) groups is 1. The van der Waals surface area contributed by atoms with E-state index in [2.05, 4.69) is 0 Å². The second-order valence-electron chi connectivity index (χ2n) is 3.39. The van der Waals surface area contributed by atoms with Crippen LogP contribution in [0.1, 0.15) is 5.56 Å². The van der Waals surface area contributed by atoms with E-state index in [-0.39, 0.29) is 12.2 Å². The molecule has 3 heteroatoms. The van der Waals surface area contributed by atoms with Crippen molar-refractivity contribution in [3.8, 4) is 5.75 Å². The van der Waals surface area contributed by atoms with Gasteiger partial charge in [0.15, 0.2) is 0 Å². The molecule has 3 nitrogen and oxygen atoms in total. The summed E-state index contributed by atoms with van der Waals surface area (Å²) in [6, 6.07) is 10.4. The summed E-state index contributed by atoms with van der Waals surface area (Å²) in [4.78, 5) is 10.6. The highest BCUT2D eigenvalue weighted by Gasteiger charge is 2.05. The minimum absolute atomic E-state index is 0.0270. The van der Waals surface area contributed by atoms with E-state index in [9.17, 15) is 9.90 Å². The SMILES string of the molecule is O=C(O)Cc1cccc2ccc(O)cc12. The van der Waals surface area contributed by atoms with Crippen LogP contribution in [0.25, 0.3) is 10.8 Å². The maximum absolute atomic E-state index is 10.6. The summed E-state index contributed by atoms with van der Waals surface area (Å²) >= 11 is 0. The lowest BCUT2D eigenvalue weighted by Gasteiger charge is -2.04. The molecule has 0 aliphatic heterocycles. The fourth-order valence-corrected chi connectivity index (χ4v) is 1.64. The second-order valence-corrected chi connectivity index (χ2v) is 3.39. The lowest BCUT2D eigenvalue weighted by Crippen LogP contribution is -2.00. The van der Waals surface area contributed by atoms with E-state index in [0.29, 0.717) is 0 Å². The van der Waals surface area contributed by atoms with Crippen LogP contribution in [-0.2, 0) is 11.2 Å². The van der Waals surface area contributed by atoms with Crippen molar-refractivity contribution in [2.45, 2.75) is 6.42 Å². The molecule has 2 aromatic carbocycles. The monoisotopic (exact) mass is 202 g/mol. The molecule has 76 valence electrons. The minimum Gasteiger partial charge on any atom is -0.508 e. The molecule has 2 aromatic rings. The van der Waals surface area contributed by atoms with Crippen LogP contribution in [0.5, 0.6) is 5.75 Å². The van der Waals surface area contributed by atoms with Crippen LogP contribution in [-0.4, -0.2) is 16.2 Å². The van der Waals surface area contributed by atoms with E-state index in [0.717, 1.165) is 16.3 Å². The van der Waals surface area contributed by atoms with Crippen LogP contribution in [0.4, 0.5) is 0 Å². The first-order chi connectivity index (χ1) is 7.16. The third-order valence-electron chi connectivity index (χ3n) is 2.30. The van der Waals surface area contributed by atoms with Gasteiger partial charge in [-0.05, 0) is 28.5 Å². The Morgan fingerprint density at radius 1 is 1.20 bits per heavy atom. The van der Waals surface area contributed by atoms with Gasteiger partial charge in [-0.25, -0.2) is 0 Å². The van der Waals surface area contributed by atoms with Crippen molar-refractivity contribution in [3.63, 3.8) is 0 Å². The predicted octanol–water partition coefficient (Wildman–Crippen LogP) is 2.17. The van der Waals surface area contributed by atoms with Crippen LogP contribution in [0.15, 0.2) is 36.4 Å². The topological polar surface area (TPSA) is 57.5 Å². The van der Waals surface area contributed by atoms with Gasteiger partial charge in [0, 0.05) is 0 Å². The third kappa shape index (κ3) is 1.91. The van der Waals surface area contributed by atoms with E-state index in [1.54, 1.807) is 24.3 Å². The Bertz CT molecular complexity index is 517. The summed E-state index contributed by atoms with van der Waals surface area (Å²) in [5, 5.41) is 19.8. The predicted molar refractivity (Wildman–Crippen MR) is 57.0 cm³/mol. The van der Waals surface area contributed by atoms with Gasteiger partial charge in [-0.2, -0.15) is 0 Å². The van der Waals surface area contributed by atoms with Gasteiger partial charge in [0.05, 0.1) is 6.42 Å². The van der Waals surface area contributed by atoms with Gasteiger partial charge in [-0.15, -0.1) is 0 Å². The van der Waals surface area contributed by atoms with Crippen molar-refractivity contribution in [1.29, 1.82) is 0 Å². The molecule has 0 aliphatic carbocycles. The van der Waals surface area contributed by atoms with Crippen molar-refractivity contribution < 1.29 is 15.0 Å². The lowest BCUT2D eigenvalue weighted by atomic mass is 10.0. The van der Waals surface area contributed by atoms with E-state index in [1.807, 2.05) is 12.1 Å². The van der Waals surface area contributed by atoms with Crippen molar-refractivity contribution >= 4 is 16.7 Å². The van der Waals surface area contributed by atoms with Gasteiger partial charge in [-0.3, -0.25) is 4.79 Å². The molecule has 0 spiro atoms. The van der Waals surface area contributed by atoms with E-state index < -0.39 is 5.97 Å². The second kappa shape index (κ2) is 3.61. The number of hydrogen-bond donors (Lipinski definition) is 2. The summed E-state index contributed by atoms with van der Waals surface area (Å²) in [6.45, 7) is 0. The smallest absolute Gasteiger partial charge is 0.307 e. The third-order valence-corrected chi connectivity index (χ3v) is 2.30. The molecular weight excluding hydrogens is 192 g/mol. The maximum atomic E-state index is 10.6. The van der Waals surface area contributed by atoms with E-state index in [1.165, 1.54) is 0 Å². The zero-order chi connectivity index (χ0) is 10.8. The first kappa shape index (κ1) is 9.52.